The van der Waals surface area contributed by atoms with E-state index in [1.165, 1.54) is 24.3 Å². The zero-order valence-corrected chi connectivity index (χ0v) is 17.5. The van der Waals surface area contributed by atoms with E-state index < -0.39 is 33.7 Å². The number of benzene rings is 2. The molecule has 3 N–H and O–H groups in total. The molecule has 1 aromatic heterocycles. The first-order valence-electron chi connectivity index (χ1n) is 9.14. The number of carbonyl (C=O) groups excluding carboxylic acids is 1. The molecule has 0 radical (unpaired) electrons. The maximum absolute atomic E-state index is 12.8. The van der Waals surface area contributed by atoms with Crippen LogP contribution in [0.2, 0.25) is 0 Å². The summed E-state index contributed by atoms with van der Waals surface area (Å²) < 4.78 is 53.5. The average molecular weight is 436 g/mol. The van der Waals surface area contributed by atoms with E-state index in [0.29, 0.717) is 16.6 Å². The van der Waals surface area contributed by atoms with Gasteiger partial charge in [-0.2, -0.15) is 0 Å². The lowest BCUT2D eigenvalue weighted by Crippen LogP contribution is -2.41. The second kappa shape index (κ2) is 8.11. The zero-order valence-electron chi connectivity index (χ0n) is 16.7. The number of H-pyrrole nitrogens is 1. The van der Waals surface area contributed by atoms with Gasteiger partial charge in [-0.15, -0.1) is 0 Å². The van der Waals surface area contributed by atoms with E-state index in [1.807, 2.05) is 0 Å². The van der Waals surface area contributed by atoms with Crippen LogP contribution in [0.4, 0.5) is 8.78 Å². The summed E-state index contributed by atoms with van der Waals surface area (Å²) in [6.07, 6.45) is -2.74. The van der Waals surface area contributed by atoms with Gasteiger partial charge in [0.25, 0.3) is 12.3 Å². The van der Waals surface area contributed by atoms with Crippen molar-refractivity contribution in [2.45, 2.75) is 44.2 Å². The van der Waals surface area contributed by atoms with Crippen LogP contribution in [0, 0.1) is 0 Å². The Morgan fingerprint density at radius 2 is 1.87 bits per heavy atom. The van der Waals surface area contributed by atoms with Crippen LogP contribution in [0.5, 0.6) is 0 Å². The van der Waals surface area contributed by atoms with Crippen LogP contribution in [0.15, 0.2) is 47.4 Å². The van der Waals surface area contributed by atoms with E-state index in [0.717, 1.165) is 0 Å². The molecule has 0 saturated carbocycles. The number of nitrogens with one attached hydrogen (secondary N) is 3. The first kappa shape index (κ1) is 21.8. The summed E-state index contributed by atoms with van der Waals surface area (Å²) in [6, 6.07) is 10.7. The molecule has 30 heavy (non-hydrogen) atoms. The van der Waals surface area contributed by atoms with Crippen LogP contribution in [-0.2, 0) is 16.6 Å². The Labute approximate surface area is 173 Å². The summed E-state index contributed by atoms with van der Waals surface area (Å²) in [5.74, 6) is -0.936. The van der Waals surface area contributed by atoms with Crippen molar-refractivity contribution >= 4 is 27.0 Å². The van der Waals surface area contributed by atoms with Crippen LogP contribution in [0.3, 0.4) is 0 Å². The number of hydrogen-bond acceptors (Lipinski definition) is 4. The first-order chi connectivity index (χ1) is 14.0. The predicted molar refractivity (Wildman–Crippen MR) is 109 cm³/mol. The van der Waals surface area contributed by atoms with Crippen molar-refractivity contribution < 1.29 is 22.0 Å². The van der Waals surface area contributed by atoms with Crippen molar-refractivity contribution in [2.24, 2.45) is 0 Å². The first-order valence-corrected chi connectivity index (χ1v) is 10.6. The fourth-order valence-corrected chi connectivity index (χ4v) is 4.58. The molecule has 0 aliphatic heterocycles. The van der Waals surface area contributed by atoms with Crippen LogP contribution >= 0.6 is 0 Å². The second-order valence-corrected chi connectivity index (χ2v) is 9.45. The normalized spacial score (nSPS) is 12.5. The van der Waals surface area contributed by atoms with Crippen LogP contribution in [0.25, 0.3) is 11.0 Å². The predicted octanol–water partition coefficient (Wildman–Crippen LogP) is 3.51. The molecule has 1 heterocycles. The molecule has 160 valence electrons. The number of nitrogens with zero attached hydrogens (tertiary/aromatic N) is 1. The molecule has 0 bridgehead atoms. The van der Waals surface area contributed by atoms with Gasteiger partial charge < -0.3 is 10.3 Å². The molecule has 0 fully saturated rings. The van der Waals surface area contributed by atoms with Gasteiger partial charge >= 0.3 is 0 Å². The zero-order chi connectivity index (χ0) is 22.1. The van der Waals surface area contributed by atoms with E-state index in [1.54, 1.807) is 39.0 Å². The number of aromatic nitrogens is 2. The lowest BCUT2D eigenvalue weighted by Gasteiger charge is -2.21. The minimum atomic E-state index is -3.78. The highest BCUT2D eigenvalue weighted by molar-refractivity contribution is 7.89. The SMILES string of the molecule is CC(C)(C)NS(=O)(=O)c1ccccc1CNC(=O)c1ccc2nc(C(F)F)[nH]c2c1. The van der Waals surface area contributed by atoms with Crippen LogP contribution in [-0.4, -0.2) is 29.8 Å². The maximum atomic E-state index is 12.8. The summed E-state index contributed by atoms with van der Waals surface area (Å²) >= 11 is 0. The van der Waals surface area contributed by atoms with E-state index in [4.69, 9.17) is 0 Å². The summed E-state index contributed by atoms with van der Waals surface area (Å²) in [6.45, 7) is 5.18. The van der Waals surface area contributed by atoms with Gasteiger partial charge in [-0.1, -0.05) is 18.2 Å². The van der Waals surface area contributed by atoms with Gasteiger partial charge in [0.1, 0.15) is 0 Å². The Bertz CT molecular complexity index is 1180. The Morgan fingerprint density at radius 1 is 1.17 bits per heavy atom. The van der Waals surface area contributed by atoms with Crippen molar-refractivity contribution in [3.8, 4) is 0 Å². The van der Waals surface area contributed by atoms with Gasteiger partial charge in [-0.25, -0.2) is 26.9 Å². The smallest absolute Gasteiger partial charge is 0.295 e. The molecule has 0 spiro atoms. The Hall–Kier alpha value is -2.85. The average Bonchev–Trinajstić information content (AvgIpc) is 3.08. The summed E-state index contributed by atoms with van der Waals surface area (Å²) in [4.78, 5) is 18.9. The Morgan fingerprint density at radius 3 is 2.53 bits per heavy atom. The number of amides is 1. The largest absolute Gasteiger partial charge is 0.348 e. The van der Waals surface area contributed by atoms with Gasteiger partial charge in [0.15, 0.2) is 5.82 Å². The molecule has 3 rings (SSSR count). The number of halogens is 2. The van der Waals surface area contributed by atoms with E-state index in [9.17, 15) is 22.0 Å². The second-order valence-electron chi connectivity index (χ2n) is 7.80. The fraction of sp³-hybridized carbons (Fsp3) is 0.300. The topological polar surface area (TPSA) is 104 Å². The molecule has 0 unspecified atom stereocenters. The van der Waals surface area contributed by atoms with Crippen molar-refractivity contribution in [1.82, 2.24) is 20.0 Å². The third-order valence-electron chi connectivity index (χ3n) is 4.11. The molecule has 0 aliphatic rings. The maximum Gasteiger partial charge on any atom is 0.295 e. The van der Waals surface area contributed by atoms with E-state index >= 15 is 0 Å². The van der Waals surface area contributed by atoms with Crippen molar-refractivity contribution in [2.75, 3.05) is 0 Å². The molecule has 2 aromatic carbocycles. The number of alkyl halides is 2. The third kappa shape index (κ3) is 5.00. The van der Waals surface area contributed by atoms with Gasteiger partial charge in [0.2, 0.25) is 10.0 Å². The molecular formula is C20H22F2N4O3S. The number of sulfonamides is 1. The Balaban J connectivity index is 1.79. The number of hydrogen-bond donors (Lipinski definition) is 3. The number of aromatic amines is 1. The summed E-state index contributed by atoms with van der Waals surface area (Å²) in [7, 11) is -3.78. The van der Waals surface area contributed by atoms with E-state index in [2.05, 4.69) is 20.0 Å². The molecular weight excluding hydrogens is 414 g/mol. The standard InChI is InChI=1S/C20H22F2N4O3S/c1-20(2,3)26-30(28,29)16-7-5-4-6-13(16)11-23-19(27)12-8-9-14-15(10-12)25-18(24-14)17(21)22/h4-10,17,26H,11H2,1-3H3,(H,23,27)(H,24,25). The van der Waals surface area contributed by atoms with Gasteiger partial charge in [0.05, 0.1) is 15.9 Å². The lowest BCUT2D eigenvalue weighted by molar-refractivity contribution is 0.0950. The lowest BCUT2D eigenvalue weighted by atomic mass is 10.1. The van der Waals surface area contributed by atoms with Gasteiger partial charge in [-0.3, -0.25) is 4.79 Å². The summed E-state index contributed by atoms with van der Waals surface area (Å²) in [5, 5.41) is 2.67. The minimum absolute atomic E-state index is 0.0244. The van der Waals surface area contributed by atoms with Crippen LogP contribution < -0.4 is 10.0 Å². The summed E-state index contributed by atoms with van der Waals surface area (Å²) in [5.41, 5.74) is 0.637. The van der Waals surface area contributed by atoms with Gasteiger partial charge in [-0.05, 0) is 50.6 Å². The van der Waals surface area contributed by atoms with Crippen molar-refractivity contribution in [3.63, 3.8) is 0 Å². The molecule has 0 saturated heterocycles. The number of carbonyl (C=O) groups is 1. The Kier molecular flexibility index (Phi) is 5.91. The highest BCUT2D eigenvalue weighted by Crippen LogP contribution is 2.21. The van der Waals surface area contributed by atoms with Gasteiger partial charge in [0, 0.05) is 17.6 Å². The fourth-order valence-electron chi connectivity index (χ4n) is 2.92. The van der Waals surface area contributed by atoms with Crippen molar-refractivity contribution in [1.29, 1.82) is 0 Å². The highest BCUT2D eigenvalue weighted by Gasteiger charge is 2.24. The minimum Gasteiger partial charge on any atom is -0.348 e. The molecule has 1 amide bonds. The van der Waals surface area contributed by atoms with E-state index in [-0.39, 0.29) is 17.0 Å². The number of fused-ring (bicyclic) bond motifs is 1. The molecule has 0 atom stereocenters. The third-order valence-corrected chi connectivity index (χ3v) is 5.97. The molecule has 3 aromatic rings. The van der Waals surface area contributed by atoms with Crippen LogP contribution in [0.1, 0.15) is 48.9 Å². The quantitative estimate of drug-likeness (QED) is 0.550. The highest BCUT2D eigenvalue weighted by atomic mass is 32.2. The van der Waals surface area contributed by atoms with Crippen molar-refractivity contribution in [3.05, 3.63) is 59.4 Å². The molecule has 10 heteroatoms. The number of rotatable bonds is 6. The molecule has 7 nitrogen and oxygen atoms in total. The monoisotopic (exact) mass is 436 g/mol. The number of imidazole rings is 1. The molecule has 0 aliphatic carbocycles.